The zero-order valence-electron chi connectivity index (χ0n) is 20.1. The van der Waals surface area contributed by atoms with Crippen molar-refractivity contribution < 1.29 is 4.79 Å². The molecule has 0 aliphatic carbocycles. The number of hydrogen-bond donors (Lipinski definition) is 3. The molecule has 5 rings (SSSR count). The van der Waals surface area contributed by atoms with E-state index in [1.165, 1.54) is 0 Å². The second-order valence-corrected chi connectivity index (χ2v) is 8.94. The van der Waals surface area contributed by atoms with E-state index in [0.717, 1.165) is 33.6 Å². The molecule has 0 radical (unpaired) electrons. The van der Waals surface area contributed by atoms with Crippen LogP contribution in [0.15, 0.2) is 77.7 Å². The summed E-state index contributed by atoms with van der Waals surface area (Å²) >= 11 is 0. The molecule has 2 aromatic carbocycles. The summed E-state index contributed by atoms with van der Waals surface area (Å²) in [5.41, 5.74) is 11.2. The summed E-state index contributed by atoms with van der Waals surface area (Å²) in [6.07, 6.45) is 2.87. The fourth-order valence-electron chi connectivity index (χ4n) is 4.54. The number of benzene rings is 2. The van der Waals surface area contributed by atoms with Crippen LogP contribution in [0.5, 0.6) is 0 Å². The molecule has 1 amide bonds. The number of amides is 1. The van der Waals surface area contributed by atoms with Crippen molar-refractivity contribution in [2.75, 3.05) is 11.1 Å². The Hall–Kier alpha value is -4.46. The average Bonchev–Trinajstić information content (AvgIpc) is 3.34. The maximum atomic E-state index is 13.2. The third kappa shape index (κ3) is 4.84. The molecule has 0 fully saturated rings. The van der Waals surface area contributed by atoms with Gasteiger partial charge in [-0.05, 0) is 48.1 Å². The van der Waals surface area contributed by atoms with Crippen LogP contribution in [0.3, 0.4) is 0 Å². The molecule has 0 unspecified atom stereocenters. The third-order valence-electron chi connectivity index (χ3n) is 6.55. The van der Waals surface area contributed by atoms with Crippen LogP contribution in [-0.2, 0) is 24.3 Å². The standard InChI is InChI=1S/C28H28N6O2/c1-18-22(11-14-25(29)33-18)16-32-27(35)24-13-12-23-17-31-26(28(36)34(23)24)30-15-19-7-9-21(10-8-19)20-5-3-2-4-6-20/h2-11,14,17,24H,12-13,15-16H2,1H3,(H2,29,33)(H,30,31)(H,32,35)/t24-/m0/s1. The highest BCUT2D eigenvalue weighted by atomic mass is 16.2. The Labute approximate surface area is 209 Å². The molecule has 0 saturated carbocycles. The van der Waals surface area contributed by atoms with Crippen molar-refractivity contribution >= 4 is 17.5 Å². The minimum Gasteiger partial charge on any atom is -0.384 e. The van der Waals surface area contributed by atoms with Crippen molar-refractivity contribution in [3.8, 4) is 11.1 Å². The Morgan fingerprint density at radius 3 is 2.53 bits per heavy atom. The van der Waals surface area contributed by atoms with Crippen LogP contribution >= 0.6 is 0 Å². The Bertz CT molecular complexity index is 1450. The highest BCUT2D eigenvalue weighted by Gasteiger charge is 2.30. The van der Waals surface area contributed by atoms with E-state index in [0.29, 0.717) is 31.7 Å². The first-order chi connectivity index (χ1) is 17.5. The molecule has 0 spiro atoms. The molecule has 36 heavy (non-hydrogen) atoms. The van der Waals surface area contributed by atoms with Gasteiger partial charge in [-0.25, -0.2) is 9.97 Å². The molecule has 0 bridgehead atoms. The summed E-state index contributed by atoms with van der Waals surface area (Å²) in [6, 6.07) is 21.4. The van der Waals surface area contributed by atoms with E-state index in [-0.39, 0.29) is 17.3 Å². The molecule has 182 valence electrons. The number of fused-ring (bicyclic) bond motifs is 1. The Kier molecular flexibility index (Phi) is 6.49. The second kappa shape index (κ2) is 10.0. The summed E-state index contributed by atoms with van der Waals surface area (Å²) in [5, 5.41) is 6.10. The molecule has 3 heterocycles. The smallest absolute Gasteiger partial charge is 0.294 e. The van der Waals surface area contributed by atoms with Gasteiger partial charge in [0, 0.05) is 30.7 Å². The van der Waals surface area contributed by atoms with Gasteiger partial charge in [-0.2, -0.15) is 0 Å². The summed E-state index contributed by atoms with van der Waals surface area (Å²) in [6.45, 7) is 2.64. The van der Waals surface area contributed by atoms with E-state index in [4.69, 9.17) is 5.73 Å². The topological polar surface area (TPSA) is 115 Å². The highest BCUT2D eigenvalue weighted by Crippen LogP contribution is 2.24. The minimum absolute atomic E-state index is 0.194. The van der Waals surface area contributed by atoms with Gasteiger partial charge in [0.15, 0.2) is 5.82 Å². The molecule has 0 saturated heterocycles. The lowest BCUT2D eigenvalue weighted by Gasteiger charge is -2.16. The van der Waals surface area contributed by atoms with Gasteiger partial charge in [0.1, 0.15) is 11.9 Å². The number of anilines is 2. The van der Waals surface area contributed by atoms with Gasteiger partial charge in [0.2, 0.25) is 5.91 Å². The van der Waals surface area contributed by atoms with E-state index >= 15 is 0 Å². The van der Waals surface area contributed by atoms with Crippen LogP contribution in [0, 0.1) is 6.92 Å². The van der Waals surface area contributed by atoms with E-state index < -0.39 is 6.04 Å². The maximum Gasteiger partial charge on any atom is 0.294 e. The van der Waals surface area contributed by atoms with Crippen molar-refractivity contribution in [3.63, 3.8) is 0 Å². The maximum absolute atomic E-state index is 13.2. The average molecular weight is 481 g/mol. The predicted octanol–water partition coefficient (Wildman–Crippen LogP) is 3.61. The molecule has 1 atom stereocenters. The van der Waals surface area contributed by atoms with E-state index in [1.54, 1.807) is 16.8 Å². The minimum atomic E-state index is -0.566. The van der Waals surface area contributed by atoms with Crippen molar-refractivity contribution in [1.82, 2.24) is 19.9 Å². The largest absolute Gasteiger partial charge is 0.384 e. The number of hydrogen-bond acceptors (Lipinski definition) is 6. The number of nitrogens with one attached hydrogen (secondary N) is 2. The number of nitrogens with two attached hydrogens (primary N) is 1. The second-order valence-electron chi connectivity index (χ2n) is 8.94. The summed E-state index contributed by atoms with van der Waals surface area (Å²) in [5.74, 6) is 0.489. The molecule has 8 heteroatoms. The molecular formula is C28H28N6O2. The quantitative estimate of drug-likeness (QED) is 0.372. The van der Waals surface area contributed by atoms with Crippen LogP contribution in [0.25, 0.3) is 11.1 Å². The predicted molar refractivity (Wildman–Crippen MR) is 140 cm³/mol. The monoisotopic (exact) mass is 480 g/mol. The summed E-state index contributed by atoms with van der Waals surface area (Å²) < 4.78 is 1.57. The fraction of sp³-hybridized carbons (Fsp3) is 0.214. The molecular weight excluding hydrogens is 452 g/mol. The lowest BCUT2D eigenvalue weighted by atomic mass is 10.0. The Morgan fingerprint density at radius 2 is 1.78 bits per heavy atom. The molecule has 2 aromatic heterocycles. The van der Waals surface area contributed by atoms with Crippen LogP contribution in [0.1, 0.15) is 35.0 Å². The van der Waals surface area contributed by atoms with Crippen LogP contribution in [0.2, 0.25) is 0 Å². The summed E-state index contributed by atoms with van der Waals surface area (Å²) in [4.78, 5) is 34.8. The van der Waals surface area contributed by atoms with Crippen molar-refractivity contribution in [2.45, 2.75) is 38.9 Å². The lowest BCUT2D eigenvalue weighted by Crippen LogP contribution is -2.36. The van der Waals surface area contributed by atoms with Crippen LogP contribution < -0.4 is 21.9 Å². The zero-order valence-corrected chi connectivity index (χ0v) is 20.1. The third-order valence-corrected chi connectivity index (χ3v) is 6.55. The number of pyridine rings is 1. The number of nitrogens with zero attached hydrogens (tertiary/aromatic N) is 3. The fourth-order valence-corrected chi connectivity index (χ4v) is 4.54. The number of aryl methyl sites for hydroxylation is 2. The molecule has 1 aliphatic rings. The number of carbonyl (C=O) groups excluding carboxylic acids is 1. The number of nitrogen functional groups attached to an aromatic ring is 1. The molecule has 4 aromatic rings. The van der Waals surface area contributed by atoms with Crippen molar-refractivity contribution in [3.05, 3.63) is 106 Å². The van der Waals surface area contributed by atoms with E-state index in [9.17, 15) is 9.59 Å². The number of aromatic nitrogens is 3. The van der Waals surface area contributed by atoms with Gasteiger partial charge in [0.25, 0.3) is 5.56 Å². The van der Waals surface area contributed by atoms with Gasteiger partial charge < -0.3 is 16.4 Å². The van der Waals surface area contributed by atoms with E-state index in [2.05, 4.69) is 44.9 Å². The first kappa shape index (κ1) is 23.3. The molecule has 8 nitrogen and oxygen atoms in total. The van der Waals surface area contributed by atoms with Crippen LogP contribution in [-0.4, -0.2) is 20.4 Å². The summed E-state index contributed by atoms with van der Waals surface area (Å²) in [7, 11) is 0. The first-order valence-corrected chi connectivity index (χ1v) is 12.0. The Balaban J connectivity index is 1.26. The lowest BCUT2D eigenvalue weighted by molar-refractivity contribution is -0.124. The normalized spacial score (nSPS) is 14.3. The first-order valence-electron chi connectivity index (χ1n) is 12.0. The molecule has 1 aliphatic heterocycles. The zero-order chi connectivity index (χ0) is 25.1. The van der Waals surface area contributed by atoms with Gasteiger partial charge in [-0.3, -0.25) is 14.2 Å². The van der Waals surface area contributed by atoms with Gasteiger partial charge in [0.05, 0.1) is 0 Å². The van der Waals surface area contributed by atoms with Crippen LogP contribution in [0.4, 0.5) is 11.6 Å². The van der Waals surface area contributed by atoms with Gasteiger partial charge in [-0.15, -0.1) is 0 Å². The Morgan fingerprint density at radius 1 is 1.03 bits per heavy atom. The van der Waals surface area contributed by atoms with E-state index in [1.807, 2.05) is 43.3 Å². The SMILES string of the molecule is Cc1nc(N)ccc1CNC(=O)[C@@H]1CCc2cnc(NCc3ccc(-c4ccccc4)cc3)c(=O)n21. The number of rotatable bonds is 7. The number of carbonyl (C=O) groups is 1. The van der Waals surface area contributed by atoms with Gasteiger partial charge in [-0.1, -0.05) is 60.7 Å². The van der Waals surface area contributed by atoms with Crippen molar-refractivity contribution in [1.29, 1.82) is 0 Å². The highest BCUT2D eigenvalue weighted by molar-refractivity contribution is 5.81. The van der Waals surface area contributed by atoms with Gasteiger partial charge >= 0.3 is 0 Å². The molecule has 4 N–H and O–H groups in total. The van der Waals surface area contributed by atoms with Crippen molar-refractivity contribution in [2.24, 2.45) is 0 Å².